The smallest absolute Gasteiger partial charge is 0.161 e. The number of aliphatic hydroxyl groups excluding tert-OH is 1. The fourth-order valence-corrected chi connectivity index (χ4v) is 2.50. The third-order valence-electron chi connectivity index (χ3n) is 3.92. The van der Waals surface area contributed by atoms with Crippen LogP contribution in [0.15, 0.2) is 24.3 Å². The topological polar surface area (TPSA) is 50.7 Å². The van der Waals surface area contributed by atoms with E-state index in [-0.39, 0.29) is 12.1 Å². The zero-order valence-corrected chi connectivity index (χ0v) is 12.4. The lowest BCUT2D eigenvalue weighted by atomic mass is 9.95. The number of aliphatic hydroxyl groups is 1. The van der Waals surface area contributed by atoms with Crippen LogP contribution in [0.2, 0.25) is 0 Å². The molecule has 2 N–H and O–H groups in total. The van der Waals surface area contributed by atoms with Gasteiger partial charge in [0.1, 0.15) is 6.61 Å². The van der Waals surface area contributed by atoms with Crippen molar-refractivity contribution in [2.24, 2.45) is 5.92 Å². The van der Waals surface area contributed by atoms with E-state index in [1.54, 1.807) is 7.11 Å². The van der Waals surface area contributed by atoms with E-state index < -0.39 is 0 Å². The summed E-state index contributed by atoms with van der Waals surface area (Å²) in [6.45, 7) is 3.59. The van der Waals surface area contributed by atoms with Gasteiger partial charge in [0.2, 0.25) is 0 Å². The molecule has 0 radical (unpaired) electrons. The van der Waals surface area contributed by atoms with E-state index in [0.717, 1.165) is 37.3 Å². The van der Waals surface area contributed by atoms with Crippen molar-refractivity contribution < 1.29 is 14.6 Å². The van der Waals surface area contributed by atoms with Gasteiger partial charge in [0.05, 0.1) is 19.3 Å². The number of nitrogens with one attached hydrogen (secondary N) is 1. The molecular formula is C16H25NO3. The zero-order valence-electron chi connectivity index (χ0n) is 12.4. The zero-order chi connectivity index (χ0) is 14.4. The van der Waals surface area contributed by atoms with Gasteiger partial charge in [-0.1, -0.05) is 19.1 Å². The highest BCUT2D eigenvalue weighted by Gasteiger charge is 2.45. The van der Waals surface area contributed by atoms with E-state index in [9.17, 15) is 5.11 Å². The van der Waals surface area contributed by atoms with E-state index in [4.69, 9.17) is 9.47 Å². The van der Waals surface area contributed by atoms with Crippen LogP contribution in [0.3, 0.4) is 0 Å². The number of para-hydroxylation sites is 2. The Morgan fingerprint density at radius 3 is 2.55 bits per heavy atom. The molecule has 4 nitrogen and oxygen atoms in total. The molecule has 0 heterocycles. The van der Waals surface area contributed by atoms with Crippen LogP contribution in [-0.4, -0.2) is 37.5 Å². The summed E-state index contributed by atoms with van der Waals surface area (Å²) in [5, 5.41) is 13.3. The monoisotopic (exact) mass is 279 g/mol. The quantitative estimate of drug-likeness (QED) is 0.728. The fourth-order valence-electron chi connectivity index (χ4n) is 2.50. The van der Waals surface area contributed by atoms with Gasteiger partial charge in [-0.25, -0.2) is 0 Å². The van der Waals surface area contributed by atoms with Crippen molar-refractivity contribution in [3.8, 4) is 11.5 Å². The van der Waals surface area contributed by atoms with Gasteiger partial charge in [-0.05, 0) is 43.9 Å². The molecule has 0 bridgehead atoms. The summed E-state index contributed by atoms with van der Waals surface area (Å²) in [7, 11) is 1.64. The number of methoxy groups -OCH3 is 1. The van der Waals surface area contributed by atoms with Gasteiger partial charge in [-0.2, -0.15) is 0 Å². The standard InChI is InChI=1S/C16H25NO3/c1-3-10-17-16(11-18,13-8-9-13)12-20-15-7-5-4-6-14(15)19-2/h4-7,13,17-18H,3,8-12H2,1-2H3. The minimum absolute atomic E-state index is 0.104. The third kappa shape index (κ3) is 3.44. The van der Waals surface area contributed by atoms with Gasteiger partial charge in [0, 0.05) is 0 Å². The largest absolute Gasteiger partial charge is 0.493 e. The summed E-state index contributed by atoms with van der Waals surface area (Å²) in [4.78, 5) is 0. The first-order valence-corrected chi connectivity index (χ1v) is 7.37. The molecule has 1 atom stereocenters. The van der Waals surface area contributed by atoms with E-state index in [2.05, 4.69) is 12.2 Å². The van der Waals surface area contributed by atoms with Crippen molar-refractivity contribution in [3.05, 3.63) is 24.3 Å². The highest BCUT2D eigenvalue weighted by molar-refractivity contribution is 5.39. The molecule has 1 aliphatic carbocycles. The maximum atomic E-state index is 9.84. The minimum Gasteiger partial charge on any atom is -0.493 e. The molecule has 4 heteroatoms. The van der Waals surface area contributed by atoms with Crippen molar-refractivity contribution in [3.63, 3.8) is 0 Å². The number of hydrogen-bond donors (Lipinski definition) is 2. The molecule has 0 aliphatic heterocycles. The first-order valence-electron chi connectivity index (χ1n) is 7.37. The van der Waals surface area contributed by atoms with Gasteiger partial charge in [0.25, 0.3) is 0 Å². The van der Waals surface area contributed by atoms with Crippen LogP contribution in [0.5, 0.6) is 11.5 Å². The summed E-state index contributed by atoms with van der Waals surface area (Å²) < 4.78 is 11.2. The average molecular weight is 279 g/mol. The first kappa shape index (κ1) is 15.1. The Kier molecular flexibility index (Phi) is 5.26. The maximum Gasteiger partial charge on any atom is 0.161 e. The Hall–Kier alpha value is -1.26. The van der Waals surface area contributed by atoms with Crippen LogP contribution in [0.25, 0.3) is 0 Å². The molecule has 1 fully saturated rings. The van der Waals surface area contributed by atoms with E-state index in [1.165, 1.54) is 0 Å². The SMILES string of the molecule is CCCNC(CO)(COc1ccccc1OC)C1CC1. The second-order valence-electron chi connectivity index (χ2n) is 5.45. The Balaban J connectivity index is 2.04. The van der Waals surface area contributed by atoms with Gasteiger partial charge in [-0.15, -0.1) is 0 Å². The Morgan fingerprint density at radius 2 is 2.00 bits per heavy atom. The Bertz CT molecular complexity index is 420. The normalized spacial score (nSPS) is 17.6. The van der Waals surface area contributed by atoms with Crippen LogP contribution in [-0.2, 0) is 0 Å². The maximum absolute atomic E-state index is 9.84. The number of ether oxygens (including phenoxy) is 2. The van der Waals surface area contributed by atoms with Crippen molar-refractivity contribution in [2.45, 2.75) is 31.7 Å². The minimum atomic E-state index is -0.323. The summed E-state index contributed by atoms with van der Waals surface area (Å²) in [5.41, 5.74) is -0.323. The van der Waals surface area contributed by atoms with E-state index in [1.807, 2.05) is 24.3 Å². The fraction of sp³-hybridized carbons (Fsp3) is 0.625. The molecule has 2 rings (SSSR count). The molecule has 1 aliphatic rings. The molecular weight excluding hydrogens is 254 g/mol. The van der Waals surface area contributed by atoms with Gasteiger partial charge < -0.3 is 19.9 Å². The third-order valence-corrected chi connectivity index (χ3v) is 3.92. The van der Waals surface area contributed by atoms with Gasteiger partial charge in [-0.3, -0.25) is 0 Å². The van der Waals surface area contributed by atoms with E-state index >= 15 is 0 Å². The molecule has 1 aromatic rings. The summed E-state index contributed by atoms with van der Waals surface area (Å²) in [5.74, 6) is 1.96. The van der Waals surface area contributed by atoms with Crippen molar-refractivity contribution in [1.29, 1.82) is 0 Å². The molecule has 1 aromatic carbocycles. The number of rotatable bonds is 9. The first-order chi connectivity index (χ1) is 9.75. The molecule has 0 saturated heterocycles. The highest BCUT2D eigenvalue weighted by atomic mass is 16.5. The lowest BCUT2D eigenvalue weighted by Gasteiger charge is -2.33. The van der Waals surface area contributed by atoms with Crippen molar-refractivity contribution in [2.75, 3.05) is 26.9 Å². The molecule has 112 valence electrons. The predicted molar refractivity (Wildman–Crippen MR) is 79.3 cm³/mol. The lowest BCUT2D eigenvalue weighted by Crippen LogP contribution is -2.55. The number of hydrogen-bond acceptors (Lipinski definition) is 4. The van der Waals surface area contributed by atoms with Crippen molar-refractivity contribution >= 4 is 0 Å². The average Bonchev–Trinajstić information content (AvgIpc) is 3.33. The second-order valence-corrected chi connectivity index (χ2v) is 5.45. The van der Waals surface area contributed by atoms with Crippen LogP contribution in [0.4, 0.5) is 0 Å². The summed E-state index contributed by atoms with van der Waals surface area (Å²) in [6, 6.07) is 7.62. The van der Waals surface area contributed by atoms with Crippen LogP contribution >= 0.6 is 0 Å². The summed E-state index contributed by atoms with van der Waals surface area (Å²) >= 11 is 0. The van der Waals surface area contributed by atoms with E-state index in [0.29, 0.717) is 12.5 Å². The molecule has 20 heavy (non-hydrogen) atoms. The van der Waals surface area contributed by atoms with Gasteiger partial charge in [0.15, 0.2) is 11.5 Å². The molecule has 1 saturated carbocycles. The molecule has 0 spiro atoms. The molecule has 0 amide bonds. The molecule has 1 unspecified atom stereocenters. The van der Waals surface area contributed by atoms with Gasteiger partial charge >= 0.3 is 0 Å². The van der Waals surface area contributed by atoms with Crippen molar-refractivity contribution in [1.82, 2.24) is 5.32 Å². The Morgan fingerprint density at radius 1 is 1.30 bits per heavy atom. The molecule has 0 aromatic heterocycles. The van der Waals surface area contributed by atoms with Crippen LogP contribution < -0.4 is 14.8 Å². The summed E-state index contributed by atoms with van der Waals surface area (Å²) in [6.07, 6.45) is 3.36. The number of benzene rings is 1. The lowest BCUT2D eigenvalue weighted by molar-refractivity contribution is 0.0837. The Labute approximate surface area is 121 Å². The van der Waals surface area contributed by atoms with Crippen LogP contribution in [0.1, 0.15) is 26.2 Å². The van der Waals surface area contributed by atoms with Crippen LogP contribution in [0, 0.1) is 5.92 Å². The second kappa shape index (κ2) is 6.95. The predicted octanol–water partition coefficient (Wildman–Crippen LogP) is 2.21. The highest BCUT2D eigenvalue weighted by Crippen LogP contribution is 2.40.